The van der Waals surface area contributed by atoms with E-state index in [1.807, 2.05) is 13.0 Å². The molecule has 0 rings (SSSR count). The smallest absolute Gasteiger partial charge is 1.00 e. The molecule has 0 N–H and O–H groups in total. The SMILES string of the molecule is [Br-].[CH2-]/C=C/C.[CH3-].[CH3-].[Mg+2]. The Balaban J connectivity index is -0.00000000750. The van der Waals surface area contributed by atoms with E-state index < -0.39 is 0 Å². The Bertz CT molecular complexity index is 23.7. The summed E-state index contributed by atoms with van der Waals surface area (Å²) < 4.78 is 0. The number of halogens is 1. The van der Waals surface area contributed by atoms with E-state index in [1.54, 1.807) is 6.08 Å². The third kappa shape index (κ3) is 68.2. The van der Waals surface area contributed by atoms with Crippen molar-refractivity contribution in [3.05, 3.63) is 33.9 Å². The number of allylic oxidation sites excluding steroid dienone is 2. The Morgan fingerprint density at radius 3 is 1.38 bits per heavy atom. The molecule has 0 heterocycles. The molecule has 0 unspecified atom stereocenters. The molecule has 0 aliphatic carbocycles. The van der Waals surface area contributed by atoms with Crippen LogP contribution in [0.5, 0.6) is 0 Å². The average Bonchev–Trinajstić information content (AvgIpc) is 1.37. The molecule has 0 aromatic carbocycles. The summed E-state index contributed by atoms with van der Waals surface area (Å²) in [6, 6.07) is 0. The second kappa shape index (κ2) is 45.3. The van der Waals surface area contributed by atoms with Gasteiger partial charge in [0.1, 0.15) is 0 Å². The molecule has 0 saturated heterocycles. The summed E-state index contributed by atoms with van der Waals surface area (Å²) in [5.74, 6) is 0. The quantitative estimate of drug-likeness (QED) is 0.336. The summed E-state index contributed by atoms with van der Waals surface area (Å²) in [5, 5.41) is 0. The Kier molecular flexibility index (Phi) is 208. The fourth-order valence-corrected chi connectivity index (χ4v) is 0. The number of rotatable bonds is 0. The van der Waals surface area contributed by atoms with Crippen molar-refractivity contribution >= 4 is 23.1 Å². The van der Waals surface area contributed by atoms with Gasteiger partial charge >= 0.3 is 23.1 Å². The van der Waals surface area contributed by atoms with Gasteiger partial charge in [0, 0.05) is 0 Å². The zero-order chi connectivity index (χ0) is 3.41. The van der Waals surface area contributed by atoms with Crippen LogP contribution in [0.25, 0.3) is 0 Å². The van der Waals surface area contributed by atoms with Crippen molar-refractivity contribution in [1.29, 1.82) is 0 Å². The molecule has 0 spiro atoms. The van der Waals surface area contributed by atoms with E-state index in [2.05, 4.69) is 6.92 Å². The van der Waals surface area contributed by atoms with E-state index in [4.69, 9.17) is 0 Å². The standard InChI is InChI=1S/C4H7.2CH3.BrH.Mg/c1-3-4-2;;;;/h3-4H,1H2,2H3;2*1H3;1H;/q3*-1;;+2/p-1/b4-3+;;;;. The van der Waals surface area contributed by atoms with E-state index in [9.17, 15) is 0 Å². The summed E-state index contributed by atoms with van der Waals surface area (Å²) in [6.45, 7) is 5.36. The van der Waals surface area contributed by atoms with E-state index in [0.29, 0.717) is 0 Å². The molecule has 2 heteroatoms. The van der Waals surface area contributed by atoms with Crippen LogP contribution in [0.3, 0.4) is 0 Å². The molecule has 0 aliphatic heterocycles. The van der Waals surface area contributed by atoms with Crippen LogP contribution in [0, 0.1) is 21.8 Å². The fraction of sp³-hybridized carbons (Fsp3) is 0.167. The van der Waals surface area contributed by atoms with E-state index in [-0.39, 0.29) is 54.9 Å². The number of hydrogen-bond donors (Lipinski definition) is 0. The Labute approximate surface area is 80.7 Å². The van der Waals surface area contributed by atoms with Gasteiger partial charge in [0.05, 0.1) is 0 Å². The van der Waals surface area contributed by atoms with Gasteiger partial charge in [-0.15, -0.1) is 6.92 Å². The van der Waals surface area contributed by atoms with Crippen molar-refractivity contribution in [3.63, 3.8) is 0 Å². The molecule has 0 atom stereocenters. The van der Waals surface area contributed by atoms with Crippen molar-refractivity contribution < 1.29 is 17.0 Å². The van der Waals surface area contributed by atoms with Crippen molar-refractivity contribution in [2.75, 3.05) is 0 Å². The Hall–Kier alpha value is 0.856. The monoisotopic (exact) mass is 188 g/mol. The van der Waals surface area contributed by atoms with Crippen LogP contribution in [0.15, 0.2) is 12.2 Å². The average molecular weight is 189 g/mol. The molecular formula is C6H13BrMg-2. The first-order valence-electron chi connectivity index (χ1n) is 1.32. The van der Waals surface area contributed by atoms with Crippen LogP contribution in [0.1, 0.15) is 6.92 Å². The predicted octanol–water partition coefficient (Wildman–Crippen LogP) is -1.08. The molecule has 0 aromatic heterocycles. The van der Waals surface area contributed by atoms with E-state index in [0.717, 1.165) is 0 Å². The molecule has 0 radical (unpaired) electrons. The summed E-state index contributed by atoms with van der Waals surface area (Å²) in [7, 11) is 0. The first-order valence-corrected chi connectivity index (χ1v) is 1.32. The predicted molar refractivity (Wildman–Crippen MR) is 38.8 cm³/mol. The van der Waals surface area contributed by atoms with Crippen molar-refractivity contribution in [3.8, 4) is 0 Å². The molecule has 0 fully saturated rings. The largest absolute Gasteiger partial charge is 2.00 e. The topological polar surface area (TPSA) is 0 Å². The van der Waals surface area contributed by atoms with Gasteiger partial charge in [0.25, 0.3) is 0 Å². The van der Waals surface area contributed by atoms with Crippen LogP contribution in [-0.2, 0) is 0 Å². The van der Waals surface area contributed by atoms with Crippen LogP contribution in [0.2, 0.25) is 0 Å². The summed E-state index contributed by atoms with van der Waals surface area (Å²) >= 11 is 0. The van der Waals surface area contributed by atoms with Gasteiger partial charge in [-0.1, -0.05) is 0 Å². The van der Waals surface area contributed by atoms with Crippen LogP contribution in [0.4, 0.5) is 0 Å². The molecule has 0 aromatic rings. The number of hydrogen-bond acceptors (Lipinski definition) is 0. The normalized spacial score (nSPS) is 4.62. The summed E-state index contributed by atoms with van der Waals surface area (Å²) in [5.41, 5.74) is 0. The van der Waals surface area contributed by atoms with Gasteiger partial charge < -0.3 is 31.8 Å². The van der Waals surface area contributed by atoms with Gasteiger partial charge in [0.2, 0.25) is 0 Å². The van der Waals surface area contributed by atoms with Gasteiger partial charge in [-0.3, -0.25) is 0 Å². The second-order valence-corrected chi connectivity index (χ2v) is 0.569. The summed E-state index contributed by atoms with van der Waals surface area (Å²) in [4.78, 5) is 0. The maximum atomic E-state index is 3.42. The van der Waals surface area contributed by atoms with Crippen molar-refractivity contribution in [2.45, 2.75) is 6.92 Å². The minimum absolute atomic E-state index is 0. The van der Waals surface area contributed by atoms with Gasteiger partial charge in [0.15, 0.2) is 0 Å². The first-order chi connectivity index (χ1) is 1.91. The third-order valence-electron chi connectivity index (χ3n) is 0.236. The van der Waals surface area contributed by atoms with Gasteiger partial charge in [-0.05, 0) is 0 Å². The summed E-state index contributed by atoms with van der Waals surface area (Å²) in [6.07, 6.45) is 3.64. The fourth-order valence-electron chi connectivity index (χ4n) is 0. The zero-order valence-electron chi connectivity index (χ0n) is 5.95. The Morgan fingerprint density at radius 1 is 1.25 bits per heavy atom. The maximum absolute atomic E-state index is 3.42. The molecule has 0 nitrogen and oxygen atoms in total. The molecule has 48 valence electrons. The van der Waals surface area contributed by atoms with Gasteiger partial charge in [-0.25, -0.2) is 19.1 Å². The molecular weight excluding hydrogens is 176 g/mol. The minimum Gasteiger partial charge on any atom is -1.00 e. The molecule has 0 amide bonds. The van der Waals surface area contributed by atoms with Crippen LogP contribution in [-0.4, -0.2) is 23.1 Å². The second-order valence-electron chi connectivity index (χ2n) is 0.569. The molecule has 8 heavy (non-hydrogen) atoms. The Morgan fingerprint density at radius 2 is 1.38 bits per heavy atom. The zero-order valence-corrected chi connectivity index (χ0v) is 8.95. The molecule has 0 bridgehead atoms. The van der Waals surface area contributed by atoms with Crippen molar-refractivity contribution in [2.24, 2.45) is 0 Å². The van der Waals surface area contributed by atoms with Crippen LogP contribution < -0.4 is 17.0 Å². The first kappa shape index (κ1) is 36.8. The maximum Gasteiger partial charge on any atom is 2.00 e. The van der Waals surface area contributed by atoms with Crippen molar-refractivity contribution in [1.82, 2.24) is 0 Å². The van der Waals surface area contributed by atoms with Crippen LogP contribution >= 0.6 is 0 Å². The van der Waals surface area contributed by atoms with E-state index >= 15 is 0 Å². The van der Waals surface area contributed by atoms with E-state index in [1.165, 1.54) is 0 Å². The third-order valence-corrected chi connectivity index (χ3v) is 0.236. The molecule has 0 aliphatic rings. The molecule has 0 saturated carbocycles. The minimum atomic E-state index is 0. The van der Waals surface area contributed by atoms with Gasteiger partial charge in [-0.2, -0.15) is 0 Å².